The number of ether oxygens (including phenoxy) is 1. The number of likely N-dealkylation sites (tertiary alicyclic amines) is 1. The lowest BCUT2D eigenvalue weighted by Crippen LogP contribution is -2.39. The van der Waals surface area contributed by atoms with E-state index < -0.39 is 6.61 Å². The Bertz CT molecular complexity index is 426. The minimum Gasteiger partial charge on any atom is -0.434 e. The first kappa shape index (κ1) is 15.2. The first-order chi connectivity index (χ1) is 9.56. The Morgan fingerprint density at radius 1 is 1.40 bits per heavy atom. The number of alkyl halides is 2. The Labute approximate surface area is 118 Å². The molecule has 1 heterocycles. The van der Waals surface area contributed by atoms with Crippen molar-refractivity contribution >= 4 is 0 Å². The molecule has 1 fully saturated rings. The number of hydrogen-bond donors (Lipinski definition) is 1. The standard InChI is InChI=1S/C15H21F2NO2/c1-11(19)12-6-4-8-18(9-12)10-13-5-2-3-7-14(13)20-15(16)17/h2-3,5,7,11-12,15,19H,4,6,8-10H2,1H3. The number of piperidine rings is 1. The number of aliphatic hydroxyl groups excluding tert-OH is 1. The first-order valence-corrected chi connectivity index (χ1v) is 6.99. The summed E-state index contributed by atoms with van der Waals surface area (Å²) in [4.78, 5) is 2.19. The van der Waals surface area contributed by atoms with Gasteiger partial charge in [0.2, 0.25) is 0 Å². The summed E-state index contributed by atoms with van der Waals surface area (Å²) in [6, 6.07) is 6.89. The first-order valence-electron chi connectivity index (χ1n) is 6.99. The van der Waals surface area contributed by atoms with Crippen LogP contribution in [0, 0.1) is 5.92 Å². The molecule has 0 radical (unpaired) electrons. The van der Waals surface area contributed by atoms with Crippen LogP contribution in [0.3, 0.4) is 0 Å². The average molecular weight is 285 g/mol. The SMILES string of the molecule is CC(O)C1CCCN(Cc2ccccc2OC(F)F)C1. The highest BCUT2D eigenvalue weighted by Gasteiger charge is 2.24. The highest BCUT2D eigenvalue weighted by Crippen LogP contribution is 2.25. The molecule has 1 aromatic rings. The van der Waals surface area contributed by atoms with Crippen LogP contribution in [-0.2, 0) is 6.54 Å². The van der Waals surface area contributed by atoms with Gasteiger partial charge in [0.05, 0.1) is 6.10 Å². The summed E-state index contributed by atoms with van der Waals surface area (Å²) in [5.41, 5.74) is 0.763. The maximum Gasteiger partial charge on any atom is 0.387 e. The molecule has 2 unspecified atom stereocenters. The van der Waals surface area contributed by atoms with Gasteiger partial charge in [-0.15, -0.1) is 0 Å². The van der Waals surface area contributed by atoms with Crippen molar-refractivity contribution in [3.63, 3.8) is 0 Å². The van der Waals surface area contributed by atoms with Gasteiger partial charge in [-0.3, -0.25) is 4.90 Å². The van der Waals surface area contributed by atoms with Gasteiger partial charge in [-0.05, 0) is 38.3 Å². The summed E-state index contributed by atoms with van der Waals surface area (Å²) in [5, 5.41) is 9.68. The van der Waals surface area contributed by atoms with Crippen molar-refractivity contribution in [2.24, 2.45) is 5.92 Å². The summed E-state index contributed by atoms with van der Waals surface area (Å²) in [5.74, 6) is 0.494. The van der Waals surface area contributed by atoms with Crippen LogP contribution in [-0.4, -0.2) is 35.8 Å². The van der Waals surface area contributed by atoms with Crippen LogP contribution >= 0.6 is 0 Å². The maximum absolute atomic E-state index is 12.4. The van der Waals surface area contributed by atoms with Crippen molar-refractivity contribution in [2.45, 2.75) is 39.0 Å². The molecule has 1 saturated heterocycles. The number of aliphatic hydroxyl groups is 1. The van der Waals surface area contributed by atoms with Gasteiger partial charge in [0, 0.05) is 18.7 Å². The van der Waals surface area contributed by atoms with E-state index >= 15 is 0 Å². The summed E-state index contributed by atoms with van der Waals surface area (Å²) in [6.07, 6.45) is 1.71. The normalized spacial score (nSPS) is 21.9. The van der Waals surface area contributed by atoms with Gasteiger partial charge in [0.25, 0.3) is 0 Å². The monoisotopic (exact) mass is 285 g/mol. The molecule has 2 atom stereocenters. The van der Waals surface area contributed by atoms with Crippen LogP contribution in [0.4, 0.5) is 8.78 Å². The van der Waals surface area contributed by atoms with Gasteiger partial charge in [0.15, 0.2) is 0 Å². The second-order valence-corrected chi connectivity index (χ2v) is 5.36. The number of benzene rings is 1. The van der Waals surface area contributed by atoms with Gasteiger partial charge >= 0.3 is 6.61 Å². The Morgan fingerprint density at radius 2 is 2.15 bits per heavy atom. The van der Waals surface area contributed by atoms with Crippen molar-refractivity contribution in [3.8, 4) is 5.75 Å². The fourth-order valence-electron chi connectivity index (χ4n) is 2.71. The van der Waals surface area contributed by atoms with Crippen LogP contribution in [0.2, 0.25) is 0 Å². The molecule has 5 heteroatoms. The van der Waals surface area contributed by atoms with Crippen molar-refractivity contribution in [1.29, 1.82) is 0 Å². The third kappa shape index (κ3) is 4.15. The Morgan fingerprint density at radius 3 is 2.85 bits per heavy atom. The number of halogens is 2. The molecule has 1 aliphatic rings. The predicted octanol–water partition coefficient (Wildman–Crippen LogP) is 2.88. The third-order valence-corrected chi connectivity index (χ3v) is 3.81. The van der Waals surface area contributed by atoms with Gasteiger partial charge in [0.1, 0.15) is 5.75 Å². The number of nitrogens with zero attached hydrogens (tertiary/aromatic N) is 1. The van der Waals surface area contributed by atoms with E-state index in [4.69, 9.17) is 0 Å². The zero-order chi connectivity index (χ0) is 14.5. The minimum atomic E-state index is -2.80. The van der Waals surface area contributed by atoms with Gasteiger partial charge in [-0.2, -0.15) is 8.78 Å². The molecule has 3 nitrogen and oxygen atoms in total. The quantitative estimate of drug-likeness (QED) is 0.903. The van der Waals surface area contributed by atoms with E-state index in [-0.39, 0.29) is 17.8 Å². The molecule has 1 N–H and O–H groups in total. The lowest BCUT2D eigenvalue weighted by molar-refractivity contribution is -0.0509. The van der Waals surface area contributed by atoms with E-state index in [1.54, 1.807) is 12.1 Å². The summed E-state index contributed by atoms with van der Waals surface area (Å²) >= 11 is 0. The molecule has 112 valence electrons. The predicted molar refractivity (Wildman–Crippen MR) is 72.8 cm³/mol. The molecule has 0 aromatic heterocycles. The van der Waals surface area contributed by atoms with E-state index in [0.29, 0.717) is 6.54 Å². The van der Waals surface area contributed by atoms with E-state index in [1.165, 1.54) is 0 Å². The van der Waals surface area contributed by atoms with Crippen LogP contribution in [0.15, 0.2) is 24.3 Å². The minimum absolute atomic E-state index is 0.238. The van der Waals surface area contributed by atoms with Crippen LogP contribution in [0.25, 0.3) is 0 Å². The van der Waals surface area contributed by atoms with Gasteiger partial charge in [-0.25, -0.2) is 0 Å². The van der Waals surface area contributed by atoms with Crippen LogP contribution in [0.5, 0.6) is 5.75 Å². The lowest BCUT2D eigenvalue weighted by atomic mass is 9.93. The molecule has 1 aliphatic heterocycles. The zero-order valence-electron chi connectivity index (χ0n) is 11.6. The molecular formula is C15H21F2NO2. The van der Waals surface area contributed by atoms with Crippen molar-refractivity contribution in [3.05, 3.63) is 29.8 Å². The molecule has 0 spiro atoms. The highest BCUT2D eigenvalue weighted by atomic mass is 19.3. The molecule has 0 bridgehead atoms. The second-order valence-electron chi connectivity index (χ2n) is 5.36. The molecule has 0 amide bonds. The summed E-state index contributed by atoms with van der Waals surface area (Å²) < 4.78 is 29.3. The van der Waals surface area contributed by atoms with E-state index in [1.807, 2.05) is 19.1 Å². The zero-order valence-corrected chi connectivity index (χ0v) is 11.6. The Kier molecular flexibility index (Phi) is 5.31. The molecule has 2 rings (SSSR count). The smallest absolute Gasteiger partial charge is 0.387 e. The van der Waals surface area contributed by atoms with E-state index in [2.05, 4.69) is 9.64 Å². The topological polar surface area (TPSA) is 32.7 Å². The summed E-state index contributed by atoms with van der Waals surface area (Å²) in [7, 11) is 0. The maximum atomic E-state index is 12.4. The van der Waals surface area contributed by atoms with Crippen LogP contribution in [0.1, 0.15) is 25.3 Å². The molecule has 0 saturated carbocycles. The second kappa shape index (κ2) is 6.99. The van der Waals surface area contributed by atoms with Crippen molar-refractivity contribution in [1.82, 2.24) is 4.90 Å². The van der Waals surface area contributed by atoms with E-state index in [0.717, 1.165) is 31.5 Å². The van der Waals surface area contributed by atoms with Gasteiger partial charge in [-0.1, -0.05) is 18.2 Å². The lowest BCUT2D eigenvalue weighted by Gasteiger charge is -2.34. The fourth-order valence-corrected chi connectivity index (χ4v) is 2.71. The highest BCUT2D eigenvalue weighted by molar-refractivity contribution is 5.33. The largest absolute Gasteiger partial charge is 0.434 e. The number of rotatable bonds is 5. The number of hydrogen-bond acceptors (Lipinski definition) is 3. The Hall–Kier alpha value is -1.20. The molecular weight excluding hydrogens is 264 g/mol. The Balaban J connectivity index is 2.02. The molecule has 20 heavy (non-hydrogen) atoms. The van der Waals surface area contributed by atoms with E-state index in [9.17, 15) is 13.9 Å². The summed E-state index contributed by atoms with van der Waals surface area (Å²) in [6.45, 7) is 1.30. The average Bonchev–Trinajstić information content (AvgIpc) is 2.41. The molecule has 0 aliphatic carbocycles. The van der Waals surface area contributed by atoms with Crippen LogP contribution < -0.4 is 4.74 Å². The number of para-hydroxylation sites is 1. The fraction of sp³-hybridized carbons (Fsp3) is 0.600. The third-order valence-electron chi connectivity index (χ3n) is 3.81. The van der Waals surface area contributed by atoms with Gasteiger partial charge < -0.3 is 9.84 Å². The van der Waals surface area contributed by atoms with Crippen molar-refractivity contribution in [2.75, 3.05) is 13.1 Å². The van der Waals surface area contributed by atoms with Crippen molar-refractivity contribution < 1.29 is 18.6 Å². The molecule has 1 aromatic carbocycles.